The number of halogens is 1. The molecule has 1 aliphatic heterocycles. The van der Waals surface area contributed by atoms with Gasteiger partial charge in [-0.05, 0) is 61.2 Å². The average molecular weight is 451 g/mol. The van der Waals surface area contributed by atoms with E-state index in [1.54, 1.807) is 30.3 Å². The molecule has 0 saturated carbocycles. The van der Waals surface area contributed by atoms with Gasteiger partial charge in [-0.25, -0.2) is 8.42 Å². The maximum absolute atomic E-state index is 12.9. The monoisotopic (exact) mass is 450 g/mol. The second-order valence-corrected chi connectivity index (χ2v) is 10.2. The highest BCUT2D eigenvalue weighted by Gasteiger charge is 2.25. The van der Waals surface area contributed by atoms with E-state index in [1.807, 2.05) is 4.90 Å². The summed E-state index contributed by atoms with van der Waals surface area (Å²) in [4.78, 5) is 15.0. The Labute approximate surface area is 183 Å². The summed E-state index contributed by atoms with van der Waals surface area (Å²) in [6.45, 7) is 3.76. The molecule has 6 nitrogen and oxygen atoms in total. The van der Waals surface area contributed by atoms with E-state index in [-0.39, 0.29) is 17.3 Å². The molecule has 0 N–H and O–H groups in total. The first-order valence-corrected chi connectivity index (χ1v) is 11.7. The highest BCUT2D eigenvalue weighted by Crippen LogP contribution is 2.26. The predicted octanol–water partition coefficient (Wildman–Crippen LogP) is 4.04. The zero-order chi connectivity index (χ0) is 21.9. The van der Waals surface area contributed by atoms with Crippen LogP contribution in [-0.4, -0.2) is 50.8 Å². The van der Waals surface area contributed by atoms with Crippen molar-refractivity contribution in [1.29, 1.82) is 0 Å². The van der Waals surface area contributed by atoms with Gasteiger partial charge in [-0.2, -0.15) is 4.31 Å². The third-order valence-electron chi connectivity index (χ3n) is 5.51. The zero-order valence-electron chi connectivity index (χ0n) is 17.5. The molecule has 2 aromatic rings. The van der Waals surface area contributed by atoms with Crippen LogP contribution in [0.25, 0.3) is 0 Å². The minimum Gasteiger partial charge on any atom is -0.496 e. The topological polar surface area (TPSA) is 66.9 Å². The lowest BCUT2D eigenvalue weighted by Crippen LogP contribution is -2.38. The number of piperidine rings is 1. The number of ether oxygens (including phenoxy) is 1. The minimum absolute atomic E-state index is 0.0333. The van der Waals surface area contributed by atoms with Crippen LogP contribution in [-0.2, 0) is 16.6 Å². The van der Waals surface area contributed by atoms with Crippen LogP contribution in [0.5, 0.6) is 5.75 Å². The number of methoxy groups -OCH3 is 1. The summed E-state index contributed by atoms with van der Waals surface area (Å²) in [5.41, 5.74) is 1.17. The first-order chi connectivity index (χ1) is 14.2. The normalized spacial score (nSPS) is 15.4. The summed E-state index contributed by atoms with van der Waals surface area (Å²) in [5, 5.41) is 0.469. The summed E-state index contributed by atoms with van der Waals surface area (Å²) in [5.74, 6) is 1.14. The van der Waals surface area contributed by atoms with Gasteiger partial charge in [0.25, 0.3) is 5.91 Å². The number of sulfonamides is 1. The first-order valence-electron chi connectivity index (χ1n) is 9.90. The second kappa shape index (κ2) is 9.37. The maximum atomic E-state index is 12.9. The summed E-state index contributed by atoms with van der Waals surface area (Å²) in [6, 6.07) is 11.2. The number of likely N-dealkylation sites (tertiary alicyclic amines) is 1. The fourth-order valence-electron chi connectivity index (χ4n) is 3.54. The van der Waals surface area contributed by atoms with E-state index in [2.05, 4.69) is 6.92 Å². The third kappa shape index (κ3) is 4.96. The lowest BCUT2D eigenvalue weighted by Gasteiger charge is -2.30. The molecule has 0 spiro atoms. The predicted molar refractivity (Wildman–Crippen MR) is 117 cm³/mol. The number of nitrogens with zero attached hydrogens (tertiary/aromatic N) is 2. The third-order valence-corrected chi connectivity index (χ3v) is 7.58. The second-order valence-electron chi connectivity index (χ2n) is 7.72. The molecule has 8 heteroatoms. The summed E-state index contributed by atoms with van der Waals surface area (Å²) in [7, 11) is -0.683. The van der Waals surface area contributed by atoms with Crippen molar-refractivity contribution < 1.29 is 17.9 Å². The Balaban J connectivity index is 1.83. The summed E-state index contributed by atoms with van der Waals surface area (Å²) >= 11 is 5.87. The zero-order valence-corrected chi connectivity index (χ0v) is 19.0. The molecule has 2 aromatic carbocycles. The Morgan fingerprint density at radius 3 is 2.40 bits per heavy atom. The lowest BCUT2D eigenvalue weighted by atomic mass is 9.98. The molecule has 30 heavy (non-hydrogen) atoms. The molecule has 1 aliphatic rings. The SMILES string of the molecule is COc1ccc(C(=O)N2CCC(C)CC2)cc1CN(C)S(=O)(=O)c1ccc(Cl)cc1. The molecule has 1 fully saturated rings. The number of carbonyl (C=O) groups excluding carboxylic acids is 1. The number of hydrogen-bond acceptors (Lipinski definition) is 4. The van der Waals surface area contributed by atoms with Crippen molar-refractivity contribution in [3.05, 3.63) is 58.6 Å². The molecule has 1 heterocycles. The van der Waals surface area contributed by atoms with Crippen molar-refractivity contribution in [3.8, 4) is 5.75 Å². The number of hydrogen-bond donors (Lipinski definition) is 0. The van der Waals surface area contributed by atoms with E-state index in [0.29, 0.717) is 27.8 Å². The molecular weight excluding hydrogens is 424 g/mol. The van der Waals surface area contributed by atoms with Gasteiger partial charge >= 0.3 is 0 Å². The van der Waals surface area contributed by atoms with Crippen molar-refractivity contribution in [1.82, 2.24) is 9.21 Å². The Morgan fingerprint density at radius 1 is 1.17 bits per heavy atom. The number of amides is 1. The fraction of sp³-hybridized carbons (Fsp3) is 0.409. The average Bonchev–Trinajstić information content (AvgIpc) is 2.74. The Hall–Kier alpha value is -2.09. The quantitative estimate of drug-likeness (QED) is 0.666. The van der Waals surface area contributed by atoms with Gasteiger partial charge in [-0.3, -0.25) is 4.79 Å². The fourth-order valence-corrected chi connectivity index (χ4v) is 4.82. The van der Waals surface area contributed by atoms with Gasteiger partial charge in [0.05, 0.1) is 12.0 Å². The Morgan fingerprint density at radius 2 is 1.80 bits per heavy atom. The van der Waals surface area contributed by atoms with Crippen molar-refractivity contribution >= 4 is 27.5 Å². The van der Waals surface area contributed by atoms with E-state index in [1.165, 1.54) is 30.6 Å². The van der Waals surface area contributed by atoms with Gasteiger partial charge in [-0.1, -0.05) is 18.5 Å². The minimum atomic E-state index is -3.71. The van der Waals surface area contributed by atoms with Crippen LogP contribution in [0, 0.1) is 5.92 Å². The van der Waals surface area contributed by atoms with Crippen LogP contribution in [0.15, 0.2) is 47.4 Å². The Bertz CT molecular complexity index is 1000. The molecule has 0 atom stereocenters. The van der Waals surface area contributed by atoms with Crippen molar-refractivity contribution in [2.24, 2.45) is 5.92 Å². The van der Waals surface area contributed by atoms with Gasteiger partial charge in [0.15, 0.2) is 0 Å². The van der Waals surface area contributed by atoms with Crippen molar-refractivity contribution in [2.45, 2.75) is 31.2 Å². The molecular formula is C22H27ClN2O4S. The molecule has 1 saturated heterocycles. The van der Waals surface area contributed by atoms with Crippen LogP contribution in [0.3, 0.4) is 0 Å². The number of benzene rings is 2. The first kappa shape index (κ1) is 22.6. The number of rotatable bonds is 6. The van der Waals surface area contributed by atoms with E-state index < -0.39 is 10.0 Å². The lowest BCUT2D eigenvalue weighted by molar-refractivity contribution is 0.0697. The molecule has 162 valence electrons. The van der Waals surface area contributed by atoms with Gasteiger partial charge in [0, 0.05) is 42.8 Å². The van der Waals surface area contributed by atoms with E-state index in [9.17, 15) is 13.2 Å². The van der Waals surface area contributed by atoms with E-state index >= 15 is 0 Å². The van der Waals surface area contributed by atoms with Crippen LogP contribution in [0.4, 0.5) is 0 Å². The van der Waals surface area contributed by atoms with Crippen LogP contribution in [0.1, 0.15) is 35.7 Å². The van der Waals surface area contributed by atoms with Crippen LogP contribution >= 0.6 is 11.6 Å². The van der Waals surface area contributed by atoms with Crippen molar-refractivity contribution in [2.75, 3.05) is 27.2 Å². The van der Waals surface area contributed by atoms with E-state index in [0.717, 1.165) is 25.9 Å². The number of carbonyl (C=O) groups is 1. The van der Waals surface area contributed by atoms with Crippen LogP contribution in [0.2, 0.25) is 5.02 Å². The highest BCUT2D eigenvalue weighted by molar-refractivity contribution is 7.89. The molecule has 0 aliphatic carbocycles. The molecule has 0 bridgehead atoms. The summed E-state index contributed by atoms with van der Waals surface area (Å²) < 4.78 is 32.5. The maximum Gasteiger partial charge on any atom is 0.253 e. The summed E-state index contributed by atoms with van der Waals surface area (Å²) in [6.07, 6.45) is 1.99. The standard InChI is InChI=1S/C22H27ClN2O4S/c1-16-10-12-25(13-11-16)22(26)17-4-9-21(29-3)18(14-17)15-24(2)30(27,28)20-7-5-19(23)6-8-20/h4-9,14,16H,10-13,15H2,1-3H3. The molecule has 0 aromatic heterocycles. The molecule has 0 unspecified atom stereocenters. The smallest absolute Gasteiger partial charge is 0.253 e. The molecule has 3 rings (SSSR count). The van der Waals surface area contributed by atoms with Crippen molar-refractivity contribution in [3.63, 3.8) is 0 Å². The Kier molecular flexibility index (Phi) is 7.06. The van der Waals surface area contributed by atoms with Gasteiger partial charge < -0.3 is 9.64 Å². The van der Waals surface area contributed by atoms with Gasteiger partial charge in [0.2, 0.25) is 10.0 Å². The van der Waals surface area contributed by atoms with Gasteiger partial charge in [-0.15, -0.1) is 0 Å². The van der Waals surface area contributed by atoms with Gasteiger partial charge in [0.1, 0.15) is 5.75 Å². The molecule has 1 amide bonds. The largest absolute Gasteiger partial charge is 0.496 e. The molecule has 0 radical (unpaired) electrons. The van der Waals surface area contributed by atoms with Crippen LogP contribution < -0.4 is 4.74 Å². The highest BCUT2D eigenvalue weighted by atomic mass is 35.5. The van der Waals surface area contributed by atoms with E-state index in [4.69, 9.17) is 16.3 Å².